The number of aromatic nitrogens is 2. The van der Waals surface area contributed by atoms with Crippen LogP contribution in [0.1, 0.15) is 15.9 Å². The first-order valence-electron chi connectivity index (χ1n) is 8.01. The number of ether oxygens (including phenoxy) is 1. The van der Waals surface area contributed by atoms with E-state index >= 15 is 0 Å². The van der Waals surface area contributed by atoms with E-state index in [1.54, 1.807) is 53.3 Å². The standard InChI is InChI=1S/C19H14ClN3O3/c20-13-5-7-14(8-6-13)23-17(9-10-21-23)22-18(24)16-11-12-3-1-2-4-15(12)19(25)26-16/h1-10,16H,11H2,(H,22,24)/t16-/m1/s1. The highest BCUT2D eigenvalue weighted by molar-refractivity contribution is 6.30. The molecule has 1 N–H and O–H groups in total. The number of rotatable bonds is 3. The van der Waals surface area contributed by atoms with Gasteiger partial charge in [-0.3, -0.25) is 4.79 Å². The second-order valence-corrected chi connectivity index (χ2v) is 6.29. The van der Waals surface area contributed by atoms with Crippen LogP contribution in [0, 0.1) is 0 Å². The Morgan fingerprint density at radius 2 is 1.92 bits per heavy atom. The predicted molar refractivity (Wildman–Crippen MR) is 96.6 cm³/mol. The zero-order chi connectivity index (χ0) is 18.1. The molecule has 1 amide bonds. The fourth-order valence-corrected chi connectivity index (χ4v) is 3.00. The number of fused-ring (bicyclic) bond motifs is 1. The number of esters is 1. The zero-order valence-corrected chi connectivity index (χ0v) is 14.3. The number of carbonyl (C=O) groups excluding carboxylic acids is 2. The van der Waals surface area contributed by atoms with Crippen LogP contribution in [-0.4, -0.2) is 27.8 Å². The van der Waals surface area contributed by atoms with Crippen molar-refractivity contribution in [2.45, 2.75) is 12.5 Å². The normalized spacial score (nSPS) is 15.9. The first-order valence-corrected chi connectivity index (χ1v) is 8.39. The molecule has 1 aromatic heterocycles. The first-order chi connectivity index (χ1) is 12.6. The molecule has 0 radical (unpaired) electrons. The van der Waals surface area contributed by atoms with E-state index in [0.29, 0.717) is 22.8 Å². The van der Waals surface area contributed by atoms with E-state index in [1.165, 1.54) is 0 Å². The third-order valence-electron chi connectivity index (χ3n) is 4.15. The average molecular weight is 368 g/mol. The summed E-state index contributed by atoms with van der Waals surface area (Å²) in [6.07, 6.45) is 1.03. The van der Waals surface area contributed by atoms with Gasteiger partial charge in [0.05, 0.1) is 17.4 Å². The Hall–Kier alpha value is -3.12. The number of amides is 1. The quantitative estimate of drug-likeness (QED) is 0.721. The van der Waals surface area contributed by atoms with Crippen molar-refractivity contribution in [3.63, 3.8) is 0 Å². The van der Waals surface area contributed by atoms with Crippen molar-refractivity contribution in [3.8, 4) is 5.69 Å². The highest BCUT2D eigenvalue weighted by Gasteiger charge is 2.31. The molecular weight excluding hydrogens is 354 g/mol. The molecule has 7 heteroatoms. The molecule has 1 atom stereocenters. The highest BCUT2D eigenvalue weighted by Crippen LogP contribution is 2.22. The molecule has 3 aromatic rings. The van der Waals surface area contributed by atoms with Crippen LogP contribution in [0.3, 0.4) is 0 Å². The van der Waals surface area contributed by atoms with Crippen LogP contribution >= 0.6 is 11.6 Å². The van der Waals surface area contributed by atoms with E-state index in [1.807, 2.05) is 12.1 Å². The molecule has 0 unspecified atom stereocenters. The van der Waals surface area contributed by atoms with Gasteiger partial charge >= 0.3 is 5.97 Å². The van der Waals surface area contributed by atoms with Gasteiger partial charge in [0.2, 0.25) is 0 Å². The Bertz CT molecular complexity index is 982. The number of hydrogen-bond donors (Lipinski definition) is 1. The lowest BCUT2D eigenvalue weighted by atomic mass is 9.98. The second kappa shape index (κ2) is 6.65. The van der Waals surface area contributed by atoms with E-state index in [4.69, 9.17) is 16.3 Å². The number of cyclic esters (lactones) is 1. The van der Waals surface area contributed by atoms with E-state index in [-0.39, 0.29) is 0 Å². The number of anilines is 1. The van der Waals surface area contributed by atoms with Gasteiger partial charge in [-0.15, -0.1) is 0 Å². The minimum absolute atomic E-state index is 0.336. The van der Waals surface area contributed by atoms with Crippen LogP contribution in [0.2, 0.25) is 5.02 Å². The summed E-state index contributed by atoms with van der Waals surface area (Å²) in [7, 11) is 0. The maximum atomic E-state index is 12.6. The van der Waals surface area contributed by atoms with Crippen LogP contribution < -0.4 is 5.32 Å². The van der Waals surface area contributed by atoms with Gasteiger partial charge in [-0.2, -0.15) is 5.10 Å². The molecule has 0 bridgehead atoms. The van der Waals surface area contributed by atoms with Gasteiger partial charge in [0.25, 0.3) is 5.91 Å². The predicted octanol–water partition coefficient (Wildman–Crippen LogP) is 3.25. The molecule has 2 heterocycles. The smallest absolute Gasteiger partial charge is 0.339 e. The topological polar surface area (TPSA) is 73.2 Å². The van der Waals surface area contributed by atoms with E-state index < -0.39 is 18.0 Å². The Balaban J connectivity index is 1.54. The molecule has 0 fully saturated rings. The maximum Gasteiger partial charge on any atom is 0.339 e. The van der Waals surface area contributed by atoms with Crippen LogP contribution in [0.15, 0.2) is 60.8 Å². The zero-order valence-electron chi connectivity index (χ0n) is 13.6. The van der Waals surface area contributed by atoms with Crippen molar-refractivity contribution in [2.24, 2.45) is 0 Å². The van der Waals surface area contributed by atoms with Crippen molar-refractivity contribution in [1.29, 1.82) is 0 Å². The number of halogens is 1. The van der Waals surface area contributed by atoms with E-state index in [0.717, 1.165) is 11.3 Å². The Morgan fingerprint density at radius 1 is 1.15 bits per heavy atom. The monoisotopic (exact) mass is 367 g/mol. The molecular formula is C19H14ClN3O3. The van der Waals surface area contributed by atoms with Gasteiger partial charge in [0.15, 0.2) is 6.10 Å². The van der Waals surface area contributed by atoms with Gasteiger partial charge in [0, 0.05) is 17.5 Å². The molecule has 0 aliphatic carbocycles. The third-order valence-corrected chi connectivity index (χ3v) is 4.40. The van der Waals surface area contributed by atoms with Crippen LogP contribution in [0.5, 0.6) is 0 Å². The Kier molecular flexibility index (Phi) is 4.18. The minimum atomic E-state index is -0.883. The molecule has 6 nitrogen and oxygen atoms in total. The summed E-state index contributed by atoms with van der Waals surface area (Å²) in [4.78, 5) is 24.7. The molecule has 4 rings (SSSR count). The largest absolute Gasteiger partial charge is 0.448 e. The van der Waals surface area contributed by atoms with Crippen molar-refractivity contribution in [3.05, 3.63) is 76.9 Å². The average Bonchev–Trinajstić information content (AvgIpc) is 3.10. The number of benzene rings is 2. The highest BCUT2D eigenvalue weighted by atomic mass is 35.5. The van der Waals surface area contributed by atoms with Gasteiger partial charge in [-0.05, 0) is 35.9 Å². The number of carbonyl (C=O) groups is 2. The second-order valence-electron chi connectivity index (χ2n) is 5.85. The van der Waals surface area contributed by atoms with Crippen molar-refractivity contribution >= 4 is 29.3 Å². The minimum Gasteiger partial charge on any atom is -0.448 e. The van der Waals surface area contributed by atoms with Gasteiger partial charge in [-0.1, -0.05) is 29.8 Å². The Morgan fingerprint density at radius 3 is 2.73 bits per heavy atom. The van der Waals surface area contributed by atoms with Crippen molar-refractivity contribution in [1.82, 2.24) is 9.78 Å². The Labute approximate surface area is 154 Å². The molecule has 0 spiro atoms. The van der Waals surface area contributed by atoms with Gasteiger partial charge in [0.1, 0.15) is 5.82 Å². The molecule has 0 saturated carbocycles. The van der Waals surface area contributed by atoms with E-state index in [2.05, 4.69) is 10.4 Å². The lowest BCUT2D eigenvalue weighted by Crippen LogP contribution is -2.38. The van der Waals surface area contributed by atoms with Crippen molar-refractivity contribution < 1.29 is 14.3 Å². The molecule has 1 aliphatic heterocycles. The van der Waals surface area contributed by atoms with Gasteiger partial charge < -0.3 is 10.1 Å². The fourth-order valence-electron chi connectivity index (χ4n) is 2.87. The first kappa shape index (κ1) is 16.4. The summed E-state index contributed by atoms with van der Waals surface area (Å²) < 4.78 is 6.86. The van der Waals surface area contributed by atoms with Gasteiger partial charge in [-0.25, -0.2) is 9.48 Å². The van der Waals surface area contributed by atoms with Crippen LogP contribution in [-0.2, 0) is 16.0 Å². The molecule has 26 heavy (non-hydrogen) atoms. The number of nitrogens with zero attached hydrogens (tertiary/aromatic N) is 2. The lowest BCUT2D eigenvalue weighted by molar-refractivity contribution is -0.125. The molecule has 2 aromatic carbocycles. The fraction of sp³-hybridized carbons (Fsp3) is 0.105. The van der Waals surface area contributed by atoms with E-state index in [9.17, 15) is 9.59 Å². The van der Waals surface area contributed by atoms with Crippen molar-refractivity contribution in [2.75, 3.05) is 5.32 Å². The summed E-state index contributed by atoms with van der Waals surface area (Å²) in [5.74, 6) is -0.408. The molecule has 130 valence electrons. The summed E-state index contributed by atoms with van der Waals surface area (Å²) in [6.45, 7) is 0. The number of nitrogens with one attached hydrogen (secondary N) is 1. The summed E-state index contributed by atoms with van der Waals surface area (Å²) >= 11 is 5.91. The lowest BCUT2D eigenvalue weighted by Gasteiger charge is -2.23. The maximum absolute atomic E-state index is 12.6. The third kappa shape index (κ3) is 3.07. The number of hydrogen-bond acceptors (Lipinski definition) is 4. The molecule has 1 aliphatic rings. The summed E-state index contributed by atoms with van der Waals surface area (Å²) in [6, 6.07) is 15.9. The summed E-state index contributed by atoms with van der Waals surface area (Å²) in [5, 5.41) is 7.60. The molecule has 0 saturated heterocycles. The van der Waals surface area contributed by atoms with Crippen LogP contribution in [0.4, 0.5) is 5.82 Å². The summed E-state index contributed by atoms with van der Waals surface area (Å²) in [5.41, 5.74) is 2.05. The SMILES string of the molecule is O=C1O[C@@H](C(=O)Nc2ccnn2-c2ccc(Cl)cc2)Cc2ccccc21. The van der Waals surface area contributed by atoms with Crippen LogP contribution in [0.25, 0.3) is 5.69 Å².